The molecule has 7 nitrogen and oxygen atoms in total. The lowest BCUT2D eigenvalue weighted by molar-refractivity contribution is 0.270. The molecule has 29 heavy (non-hydrogen) atoms. The van der Waals surface area contributed by atoms with Crippen LogP contribution >= 0.6 is 0 Å². The standard InChI is InChI=1S/C21H27FN6O/c1-3-23-21(27(2)15-16-29-18-10-5-4-9-17(18)22)24-13-8-12-20-26-25-19-11-6-7-14-28(19)20/h4-7,9-11,14H,3,8,12-13,15-16H2,1-2H3,(H,23,24). The van der Waals surface area contributed by atoms with E-state index in [0.717, 1.165) is 36.8 Å². The van der Waals surface area contributed by atoms with Crippen LogP contribution in [-0.2, 0) is 6.42 Å². The highest BCUT2D eigenvalue weighted by Crippen LogP contribution is 2.15. The number of halogens is 1. The molecule has 2 heterocycles. The normalized spacial score (nSPS) is 11.6. The number of pyridine rings is 1. The summed E-state index contributed by atoms with van der Waals surface area (Å²) in [6.07, 6.45) is 3.64. The number of hydrogen-bond donors (Lipinski definition) is 1. The van der Waals surface area contributed by atoms with Crippen molar-refractivity contribution in [1.29, 1.82) is 0 Å². The summed E-state index contributed by atoms with van der Waals surface area (Å²) in [5, 5.41) is 11.7. The SMILES string of the molecule is CCNC(=NCCCc1nnc2ccccn12)N(C)CCOc1ccccc1F. The highest BCUT2D eigenvalue weighted by atomic mass is 19.1. The molecule has 0 aliphatic heterocycles. The number of hydrogen-bond acceptors (Lipinski definition) is 4. The second kappa shape index (κ2) is 10.4. The molecular weight excluding hydrogens is 371 g/mol. The van der Waals surface area contributed by atoms with Gasteiger partial charge in [-0.1, -0.05) is 18.2 Å². The largest absolute Gasteiger partial charge is 0.489 e. The number of likely N-dealkylation sites (N-methyl/N-ethyl adjacent to an activating group) is 1. The molecule has 2 aromatic heterocycles. The van der Waals surface area contributed by atoms with Crippen LogP contribution in [0.2, 0.25) is 0 Å². The average Bonchev–Trinajstić information content (AvgIpc) is 3.15. The topological polar surface area (TPSA) is 67.0 Å². The van der Waals surface area contributed by atoms with E-state index in [1.807, 2.05) is 47.7 Å². The fourth-order valence-electron chi connectivity index (χ4n) is 2.91. The van der Waals surface area contributed by atoms with E-state index in [1.165, 1.54) is 6.07 Å². The van der Waals surface area contributed by atoms with Gasteiger partial charge in [0.25, 0.3) is 0 Å². The Hall–Kier alpha value is -3.16. The molecule has 0 amide bonds. The summed E-state index contributed by atoms with van der Waals surface area (Å²) < 4.78 is 21.2. The van der Waals surface area contributed by atoms with Gasteiger partial charge in [-0.25, -0.2) is 4.39 Å². The predicted octanol–water partition coefficient (Wildman–Crippen LogP) is 2.78. The lowest BCUT2D eigenvalue weighted by atomic mass is 10.3. The van der Waals surface area contributed by atoms with Gasteiger partial charge in [0.2, 0.25) is 0 Å². The molecule has 0 unspecified atom stereocenters. The van der Waals surface area contributed by atoms with Gasteiger partial charge in [0.05, 0.1) is 6.54 Å². The van der Waals surface area contributed by atoms with E-state index in [0.29, 0.717) is 19.7 Å². The minimum atomic E-state index is -0.350. The second-order valence-corrected chi connectivity index (χ2v) is 6.58. The van der Waals surface area contributed by atoms with Crippen LogP contribution < -0.4 is 10.1 Å². The zero-order chi connectivity index (χ0) is 20.5. The van der Waals surface area contributed by atoms with E-state index >= 15 is 0 Å². The first-order valence-corrected chi connectivity index (χ1v) is 9.84. The number of nitrogens with zero attached hydrogens (tertiary/aromatic N) is 5. The number of fused-ring (bicyclic) bond motifs is 1. The number of guanidine groups is 1. The maximum atomic E-state index is 13.6. The number of ether oxygens (including phenoxy) is 1. The van der Waals surface area contributed by atoms with Gasteiger partial charge >= 0.3 is 0 Å². The van der Waals surface area contributed by atoms with Crippen LogP contribution in [0.1, 0.15) is 19.2 Å². The Morgan fingerprint density at radius 2 is 2.03 bits per heavy atom. The molecule has 0 saturated carbocycles. The Kier molecular flexibility index (Phi) is 7.38. The Morgan fingerprint density at radius 3 is 2.86 bits per heavy atom. The maximum Gasteiger partial charge on any atom is 0.193 e. The number of nitrogens with one attached hydrogen (secondary N) is 1. The third-order valence-electron chi connectivity index (χ3n) is 4.42. The lowest BCUT2D eigenvalue weighted by Gasteiger charge is -2.22. The van der Waals surface area contributed by atoms with Crippen LogP contribution in [0.5, 0.6) is 5.75 Å². The fraction of sp³-hybridized carbons (Fsp3) is 0.381. The Labute approximate surface area is 170 Å². The molecule has 1 aromatic carbocycles. The summed E-state index contributed by atoms with van der Waals surface area (Å²) in [4.78, 5) is 6.66. The number of rotatable bonds is 9. The molecule has 0 aliphatic rings. The zero-order valence-corrected chi connectivity index (χ0v) is 16.9. The summed E-state index contributed by atoms with van der Waals surface area (Å²) in [5.74, 6) is 1.66. The molecule has 1 N–H and O–H groups in total. The van der Waals surface area contributed by atoms with Crippen LogP contribution in [0.25, 0.3) is 5.65 Å². The van der Waals surface area contributed by atoms with E-state index in [2.05, 4.69) is 20.5 Å². The summed E-state index contributed by atoms with van der Waals surface area (Å²) in [6.45, 7) is 4.43. The van der Waals surface area contributed by atoms with Crippen molar-refractivity contribution < 1.29 is 9.13 Å². The molecule has 0 fully saturated rings. The molecule has 0 bridgehead atoms. The molecular formula is C21H27FN6O. The molecule has 3 aromatic rings. The number of benzene rings is 1. The maximum absolute atomic E-state index is 13.6. The summed E-state index contributed by atoms with van der Waals surface area (Å²) in [6, 6.07) is 12.3. The van der Waals surface area contributed by atoms with Crippen molar-refractivity contribution in [3.05, 3.63) is 60.3 Å². The highest BCUT2D eigenvalue weighted by molar-refractivity contribution is 5.79. The smallest absolute Gasteiger partial charge is 0.193 e. The average molecular weight is 398 g/mol. The third-order valence-corrected chi connectivity index (χ3v) is 4.42. The van der Waals surface area contributed by atoms with Gasteiger partial charge in [-0.05, 0) is 37.6 Å². The van der Waals surface area contributed by atoms with Crippen LogP contribution in [-0.4, -0.2) is 58.7 Å². The van der Waals surface area contributed by atoms with Gasteiger partial charge in [0.15, 0.2) is 23.2 Å². The molecule has 0 radical (unpaired) electrons. The molecule has 3 rings (SSSR count). The summed E-state index contributed by atoms with van der Waals surface area (Å²) in [5.41, 5.74) is 0.855. The number of aliphatic imine (C=N–C) groups is 1. The second-order valence-electron chi connectivity index (χ2n) is 6.58. The predicted molar refractivity (Wildman–Crippen MR) is 112 cm³/mol. The van der Waals surface area contributed by atoms with Crippen LogP contribution in [0.4, 0.5) is 4.39 Å². The number of para-hydroxylation sites is 1. The number of aromatic nitrogens is 3. The zero-order valence-electron chi connectivity index (χ0n) is 16.9. The molecule has 0 atom stereocenters. The quantitative estimate of drug-likeness (QED) is 0.341. The van der Waals surface area contributed by atoms with Crippen molar-refractivity contribution in [3.63, 3.8) is 0 Å². The summed E-state index contributed by atoms with van der Waals surface area (Å²) >= 11 is 0. The molecule has 154 valence electrons. The van der Waals surface area contributed by atoms with Gasteiger partial charge in [0.1, 0.15) is 12.4 Å². The van der Waals surface area contributed by atoms with E-state index in [9.17, 15) is 4.39 Å². The third kappa shape index (κ3) is 5.66. The number of aryl methyl sites for hydroxylation is 1. The van der Waals surface area contributed by atoms with Crippen molar-refractivity contribution in [3.8, 4) is 5.75 Å². The highest BCUT2D eigenvalue weighted by Gasteiger charge is 2.08. The summed E-state index contributed by atoms with van der Waals surface area (Å²) in [7, 11) is 1.94. The lowest BCUT2D eigenvalue weighted by Crippen LogP contribution is -2.41. The van der Waals surface area contributed by atoms with Crippen molar-refractivity contribution in [1.82, 2.24) is 24.8 Å². The first kappa shape index (κ1) is 20.6. The minimum Gasteiger partial charge on any atom is -0.489 e. The van der Waals surface area contributed by atoms with E-state index in [1.54, 1.807) is 18.2 Å². The van der Waals surface area contributed by atoms with E-state index < -0.39 is 0 Å². The Balaban J connectivity index is 1.48. The van der Waals surface area contributed by atoms with Crippen molar-refractivity contribution >= 4 is 11.6 Å². The molecule has 0 saturated heterocycles. The van der Waals surface area contributed by atoms with Crippen LogP contribution in [0, 0.1) is 5.82 Å². The van der Waals surface area contributed by atoms with E-state index in [4.69, 9.17) is 4.74 Å². The first-order valence-electron chi connectivity index (χ1n) is 9.84. The van der Waals surface area contributed by atoms with Gasteiger partial charge in [-0.2, -0.15) is 0 Å². The van der Waals surface area contributed by atoms with Gasteiger partial charge in [-0.15, -0.1) is 10.2 Å². The molecule has 8 heteroatoms. The van der Waals surface area contributed by atoms with Crippen LogP contribution in [0.3, 0.4) is 0 Å². The van der Waals surface area contributed by atoms with E-state index in [-0.39, 0.29) is 11.6 Å². The Bertz CT molecular complexity index is 942. The first-order chi connectivity index (χ1) is 14.2. The van der Waals surface area contributed by atoms with Gasteiger partial charge in [0, 0.05) is 32.8 Å². The van der Waals surface area contributed by atoms with Gasteiger partial charge in [-0.3, -0.25) is 9.39 Å². The van der Waals surface area contributed by atoms with Crippen molar-refractivity contribution in [2.45, 2.75) is 19.8 Å². The van der Waals surface area contributed by atoms with Crippen molar-refractivity contribution in [2.24, 2.45) is 4.99 Å². The fourth-order valence-corrected chi connectivity index (χ4v) is 2.91. The molecule has 0 aliphatic carbocycles. The van der Waals surface area contributed by atoms with Crippen LogP contribution in [0.15, 0.2) is 53.7 Å². The Morgan fingerprint density at radius 1 is 1.21 bits per heavy atom. The molecule has 0 spiro atoms. The minimum absolute atomic E-state index is 0.267. The van der Waals surface area contributed by atoms with Gasteiger partial charge < -0.3 is 15.0 Å². The van der Waals surface area contributed by atoms with Crippen molar-refractivity contribution in [2.75, 3.05) is 33.3 Å². The monoisotopic (exact) mass is 398 g/mol.